The van der Waals surface area contributed by atoms with Gasteiger partial charge in [-0.3, -0.25) is 9.78 Å². The van der Waals surface area contributed by atoms with Crippen molar-refractivity contribution in [2.75, 3.05) is 19.8 Å². The Balaban J connectivity index is 1.55. The van der Waals surface area contributed by atoms with Gasteiger partial charge in [-0.05, 0) is 24.6 Å². The van der Waals surface area contributed by atoms with Crippen LogP contribution in [-0.2, 0) is 16.0 Å². The van der Waals surface area contributed by atoms with Crippen LogP contribution in [0.3, 0.4) is 0 Å². The zero-order valence-corrected chi connectivity index (χ0v) is 13.9. The highest BCUT2D eigenvalue weighted by atomic mass is 16.5. The lowest BCUT2D eigenvalue weighted by Gasteiger charge is -2.33. The number of ether oxygens (including phenoxy) is 1. The second-order valence-corrected chi connectivity index (χ2v) is 6.07. The lowest BCUT2D eigenvalue weighted by atomic mass is 10.1. The Morgan fingerprint density at radius 2 is 2.24 bits per heavy atom. The maximum absolute atomic E-state index is 12.8. The fraction of sp³-hybridized carbons (Fsp3) is 0.333. The second kappa shape index (κ2) is 6.60. The van der Waals surface area contributed by atoms with Crippen molar-refractivity contribution in [3.63, 3.8) is 0 Å². The molecule has 1 aliphatic heterocycles. The standard InChI is InChI=1S/C18H18N4O3/c1-12-20-18(25-21-12)16-11-24-7-6-22(16)17(23)9-13-8-14-4-2-3-5-15(14)19-10-13/h2-5,8,10,16H,6-7,9,11H2,1H3/t16-/m0/s1. The minimum Gasteiger partial charge on any atom is -0.377 e. The summed E-state index contributed by atoms with van der Waals surface area (Å²) in [4.78, 5) is 23.3. The molecule has 4 rings (SSSR count). The monoisotopic (exact) mass is 338 g/mol. The number of nitrogens with zero attached hydrogens (tertiary/aromatic N) is 4. The highest BCUT2D eigenvalue weighted by Gasteiger charge is 2.32. The van der Waals surface area contributed by atoms with Gasteiger partial charge in [-0.25, -0.2) is 0 Å². The van der Waals surface area contributed by atoms with Crippen molar-refractivity contribution in [3.8, 4) is 0 Å². The number of aryl methyl sites for hydroxylation is 1. The Morgan fingerprint density at radius 1 is 1.36 bits per heavy atom. The van der Waals surface area contributed by atoms with Gasteiger partial charge in [0.15, 0.2) is 5.82 Å². The Morgan fingerprint density at radius 3 is 3.08 bits per heavy atom. The molecule has 0 aliphatic carbocycles. The van der Waals surface area contributed by atoms with Crippen LogP contribution < -0.4 is 0 Å². The molecule has 0 saturated carbocycles. The number of benzene rings is 1. The summed E-state index contributed by atoms with van der Waals surface area (Å²) in [5.41, 5.74) is 1.81. The van der Waals surface area contributed by atoms with Crippen molar-refractivity contribution in [2.24, 2.45) is 0 Å². The molecule has 3 aromatic rings. The summed E-state index contributed by atoms with van der Waals surface area (Å²) in [6, 6.07) is 9.53. The number of morpholine rings is 1. The first-order valence-corrected chi connectivity index (χ1v) is 8.22. The van der Waals surface area contributed by atoms with E-state index >= 15 is 0 Å². The smallest absolute Gasteiger partial charge is 0.251 e. The topological polar surface area (TPSA) is 81.4 Å². The van der Waals surface area contributed by atoms with Gasteiger partial charge in [0, 0.05) is 18.1 Å². The van der Waals surface area contributed by atoms with Crippen LogP contribution in [0.4, 0.5) is 0 Å². The van der Waals surface area contributed by atoms with E-state index in [1.807, 2.05) is 30.3 Å². The van der Waals surface area contributed by atoms with E-state index in [4.69, 9.17) is 9.26 Å². The number of hydrogen-bond donors (Lipinski definition) is 0. The molecule has 1 saturated heterocycles. The first kappa shape index (κ1) is 15.7. The minimum atomic E-state index is -0.337. The molecule has 25 heavy (non-hydrogen) atoms. The molecule has 1 aromatic carbocycles. The summed E-state index contributed by atoms with van der Waals surface area (Å²) in [5.74, 6) is 0.968. The summed E-state index contributed by atoms with van der Waals surface area (Å²) >= 11 is 0. The summed E-state index contributed by atoms with van der Waals surface area (Å²) in [6.45, 7) is 3.13. The molecule has 1 fully saturated rings. The lowest BCUT2D eigenvalue weighted by molar-refractivity contribution is -0.140. The van der Waals surface area contributed by atoms with Gasteiger partial charge in [-0.1, -0.05) is 23.4 Å². The number of fused-ring (bicyclic) bond motifs is 1. The van der Waals surface area contributed by atoms with Crippen LogP contribution in [0, 0.1) is 6.92 Å². The Bertz CT molecular complexity index is 908. The fourth-order valence-electron chi connectivity index (χ4n) is 3.04. The molecule has 7 nitrogen and oxygen atoms in total. The van der Waals surface area contributed by atoms with Crippen molar-refractivity contribution in [2.45, 2.75) is 19.4 Å². The largest absolute Gasteiger partial charge is 0.377 e. The molecular weight excluding hydrogens is 320 g/mol. The first-order valence-electron chi connectivity index (χ1n) is 8.22. The number of para-hydroxylation sites is 1. The number of aromatic nitrogens is 3. The molecule has 7 heteroatoms. The number of carbonyl (C=O) groups excluding carboxylic acids is 1. The van der Waals surface area contributed by atoms with E-state index < -0.39 is 0 Å². The number of hydrogen-bond acceptors (Lipinski definition) is 6. The zero-order valence-electron chi connectivity index (χ0n) is 13.9. The van der Waals surface area contributed by atoms with Crippen molar-refractivity contribution < 1.29 is 14.1 Å². The summed E-state index contributed by atoms with van der Waals surface area (Å²) in [7, 11) is 0. The van der Waals surface area contributed by atoms with E-state index in [0.717, 1.165) is 16.5 Å². The van der Waals surface area contributed by atoms with E-state index in [1.54, 1.807) is 18.0 Å². The lowest BCUT2D eigenvalue weighted by Crippen LogP contribution is -2.44. The molecule has 1 amide bonds. The maximum atomic E-state index is 12.8. The molecule has 1 atom stereocenters. The van der Waals surface area contributed by atoms with E-state index in [1.165, 1.54) is 0 Å². The number of amides is 1. The third kappa shape index (κ3) is 3.23. The van der Waals surface area contributed by atoms with Crippen LogP contribution in [0.15, 0.2) is 41.1 Å². The molecule has 2 aromatic heterocycles. The van der Waals surface area contributed by atoms with Gasteiger partial charge < -0.3 is 14.2 Å². The average molecular weight is 338 g/mol. The van der Waals surface area contributed by atoms with Gasteiger partial charge >= 0.3 is 0 Å². The van der Waals surface area contributed by atoms with E-state index in [9.17, 15) is 4.79 Å². The number of carbonyl (C=O) groups is 1. The molecular formula is C18H18N4O3. The highest BCUT2D eigenvalue weighted by molar-refractivity contribution is 5.83. The predicted octanol–water partition coefficient (Wildman–Crippen LogP) is 2.07. The molecule has 0 unspecified atom stereocenters. The van der Waals surface area contributed by atoms with Gasteiger partial charge in [0.25, 0.3) is 5.89 Å². The third-order valence-electron chi connectivity index (χ3n) is 4.28. The van der Waals surface area contributed by atoms with Gasteiger partial charge in [-0.15, -0.1) is 0 Å². The zero-order chi connectivity index (χ0) is 17.2. The fourth-order valence-corrected chi connectivity index (χ4v) is 3.04. The molecule has 0 N–H and O–H groups in total. The highest BCUT2D eigenvalue weighted by Crippen LogP contribution is 2.24. The van der Waals surface area contributed by atoms with Gasteiger partial charge in [0.05, 0.1) is 25.2 Å². The van der Waals surface area contributed by atoms with Crippen LogP contribution >= 0.6 is 0 Å². The molecule has 0 bridgehead atoms. The molecule has 0 radical (unpaired) electrons. The Kier molecular flexibility index (Phi) is 4.15. The second-order valence-electron chi connectivity index (χ2n) is 6.07. The molecule has 3 heterocycles. The predicted molar refractivity (Wildman–Crippen MR) is 89.8 cm³/mol. The molecule has 0 spiro atoms. The molecule has 1 aliphatic rings. The van der Waals surface area contributed by atoms with E-state index in [-0.39, 0.29) is 18.4 Å². The first-order chi connectivity index (χ1) is 12.2. The Hall–Kier alpha value is -2.80. The number of rotatable bonds is 3. The quantitative estimate of drug-likeness (QED) is 0.727. The van der Waals surface area contributed by atoms with Gasteiger partial charge in [0.1, 0.15) is 6.04 Å². The minimum absolute atomic E-state index is 0.00114. The average Bonchev–Trinajstić information content (AvgIpc) is 3.08. The van der Waals surface area contributed by atoms with Crippen LogP contribution in [0.5, 0.6) is 0 Å². The van der Waals surface area contributed by atoms with E-state index in [0.29, 0.717) is 31.5 Å². The third-order valence-corrected chi connectivity index (χ3v) is 4.28. The van der Waals surface area contributed by atoms with Gasteiger partial charge in [0.2, 0.25) is 5.91 Å². The SMILES string of the molecule is Cc1noc([C@@H]2COCCN2C(=O)Cc2cnc3ccccc3c2)n1. The van der Waals surface area contributed by atoms with Crippen LogP contribution in [-0.4, -0.2) is 45.7 Å². The summed E-state index contributed by atoms with van der Waals surface area (Å²) in [5, 5.41) is 4.84. The summed E-state index contributed by atoms with van der Waals surface area (Å²) < 4.78 is 10.7. The Labute approximate surface area is 144 Å². The van der Waals surface area contributed by atoms with Crippen molar-refractivity contribution in [3.05, 3.63) is 53.8 Å². The van der Waals surface area contributed by atoms with Crippen LogP contribution in [0.1, 0.15) is 23.3 Å². The normalized spacial score (nSPS) is 17.8. The molecule has 128 valence electrons. The summed E-state index contributed by atoms with van der Waals surface area (Å²) in [6.07, 6.45) is 2.04. The van der Waals surface area contributed by atoms with Crippen molar-refractivity contribution in [1.29, 1.82) is 0 Å². The van der Waals surface area contributed by atoms with Crippen molar-refractivity contribution >= 4 is 16.8 Å². The number of pyridine rings is 1. The van der Waals surface area contributed by atoms with E-state index in [2.05, 4.69) is 15.1 Å². The van der Waals surface area contributed by atoms with Gasteiger partial charge in [-0.2, -0.15) is 4.98 Å². The maximum Gasteiger partial charge on any atom is 0.251 e. The van der Waals surface area contributed by atoms with Crippen LogP contribution in [0.25, 0.3) is 10.9 Å². The van der Waals surface area contributed by atoms with Crippen LogP contribution in [0.2, 0.25) is 0 Å². The van der Waals surface area contributed by atoms with Crippen molar-refractivity contribution in [1.82, 2.24) is 20.0 Å².